The lowest BCUT2D eigenvalue weighted by molar-refractivity contribution is 0.470. The number of aromatic nitrogens is 3. The standard InChI is InChI=1S/C23H15FN4O2/c24-21-6-4-15(10-25)9-20(21)18-5-7-22(30)28(14-18)13-16-2-1-3-17(8-16)23-26-11-19(29)12-27-23/h1-9,11-12,14,29H,13H2. The van der Waals surface area contributed by atoms with Crippen LogP contribution in [-0.4, -0.2) is 19.6 Å². The van der Waals surface area contributed by atoms with Gasteiger partial charge in [-0.15, -0.1) is 0 Å². The molecule has 0 saturated heterocycles. The van der Waals surface area contributed by atoms with E-state index in [4.69, 9.17) is 5.26 Å². The van der Waals surface area contributed by atoms with Crippen molar-refractivity contribution in [2.45, 2.75) is 6.54 Å². The van der Waals surface area contributed by atoms with Crippen molar-refractivity contribution >= 4 is 0 Å². The number of nitrogens with zero attached hydrogens (tertiary/aromatic N) is 4. The molecule has 0 bridgehead atoms. The van der Waals surface area contributed by atoms with Crippen molar-refractivity contribution < 1.29 is 9.50 Å². The van der Waals surface area contributed by atoms with Crippen molar-refractivity contribution in [2.24, 2.45) is 0 Å². The minimum Gasteiger partial charge on any atom is -0.505 e. The molecular formula is C23H15FN4O2. The summed E-state index contributed by atoms with van der Waals surface area (Å²) in [6.07, 6.45) is 4.20. The monoisotopic (exact) mass is 398 g/mol. The minimum absolute atomic E-state index is 0.0222. The van der Waals surface area contributed by atoms with E-state index < -0.39 is 5.82 Å². The first-order valence-corrected chi connectivity index (χ1v) is 9.04. The largest absolute Gasteiger partial charge is 0.505 e. The molecule has 0 spiro atoms. The van der Waals surface area contributed by atoms with E-state index >= 15 is 0 Å². The number of benzene rings is 2. The van der Waals surface area contributed by atoms with Crippen molar-refractivity contribution in [2.75, 3.05) is 0 Å². The summed E-state index contributed by atoms with van der Waals surface area (Å²) in [5.41, 5.74) is 2.43. The number of hydrogen-bond donors (Lipinski definition) is 1. The van der Waals surface area contributed by atoms with Gasteiger partial charge in [0.05, 0.1) is 30.6 Å². The van der Waals surface area contributed by atoms with Gasteiger partial charge >= 0.3 is 0 Å². The van der Waals surface area contributed by atoms with Crippen molar-refractivity contribution in [3.05, 3.63) is 100 Å². The first-order valence-electron chi connectivity index (χ1n) is 9.04. The van der Waals surface area contributed by atoms with Crippen molar-refractivity contribution in [1.29, 1.82) is 5.26 Å². The summed E-state index contributed by atoms with van der Waals surface area (Å²) in [6, 6.07) is 16.4. The Morgan fingerprint density at radius 3 is 2.60 bits per heavy atom. The number of hydrogen-bond acceptors (Lipinski definition) is 5. The van der Waals surface area contributed by atoms with Crippen molar-refractivity contribution in [3.8, 4) is 34.3 Å². The SMILES string of the molecule is N#Cc1ccc(F)c(-c2ccc(=O)n(Cc3cccc(-c4ncc(O)cn4)c3)c2)c1. The third-order valence-electron chi connectivity index (χ3n) is 4.57. The Morgan fingerprint density at radius 1 is 1.03 bits per heavy atom. The molecule has 30 heavy (non-hydrogen) atoms. The summed E-state index contributed by atoms with van der Waals surface area (Å²) in [6.45, 7) is 0.262. The van der Waals surface area contributed by atoms with Gasteiger partial charge < -0.3 is 9.67 Å². The fourth-order valence-corrected chi connectivity index (χ4v) is 3.11. The summed E-state index contributed by atoms with van der Waals surface area (Å²) < 4.78 is 15.8. The third kappa shape index (κ3) is 3.93. The maximum Gasteiger partial charge on any atom is 0.250 e. The molecule has 0 aliphatic rings. The van der Waals surface area contributed by atoms with Gasteiger partial charge in [-0.3, -0.25) is 4.79 Å². The Bertz CT molecular complexity index is 1320. The zero-order valence-electron chi connectivity index (χ0n) is 15.7. The number of aromatic hydroxyl groups is 1. The second kappa shape index (κ2) is 7.97. The molecule has 4 aromatic rings. The molecule has 0 radical (unpaired) electrons. The van der Waals surface area contributed by atoms with E-state index in [1.165, 1.54) is 41.2 Å². The van der Waals surface area contributed by atoms with Gasteiger partial charge in [0, 0.05) is 29.0 Å². The van der Waals surface area contributed by atoms with Crippen LogP contribution in [-0.2, 0) is 6.54 Å². The molecule has 0 amide bonds. The van der Waals surface area contributed by atoms with Crippen molar-refractivity contribution in [3.63, 3.8) is 0 Å². The fourth-order valence-electron chi connectivity index (χ4n) is 3.11. The maximum atomic E-state index is 14.3. The lowest BCUT2D eigenvalue weighted by atomic mass is 10.0. The molecule has 7 heteroatoms. The zero-order chi connectivity index (χ0) is 21.1. The summed E-state index contributed by atoms with van der Waals surface area (Å²) in [7, 11) is 0. The molecule has 0 fully saturated rings. The average Bonchev–Trinajstić information content (AvgIpc) is 2.76. The molecule has 2 aromatic heterocycles. The molecule has 0 aliphatic heterocycles. The summed E-state index contributed by atoms with van der Waals surface area (Å²) in [5, 5.41) is 18.4. The van der Waals surface area contributed by atoms with Crippen LogP contribution in [0.4, 0.5) is 4.39 Å². The molecule has 146 valence electrons. The van der Waals surface area contributed by atoms with Crippen LogP contribution < -0.4 is 5.56 Å². The number of rotatable bonds is 4. The molecule has 0 atom stereocenters. The molecule has 0 unspecified atom stereocenters. The van der Waals surface area contributed by atoms with Crippen LogP contribution in [0.3, 0.4) is 0 Å². The summed E-state index contributed by atoms with van der Waals surface area (Å²) >= 11 is 0. The number of nitriles is 1. The summed E-state index contributed by atoms with van der Waals surface area (Å²) in [5.74, 6) is -0.0391. The lowest BCUT2D eigenvalue weighted by Crippen LogP contribution is -2.19. The first kappa shape index (κ1) is 19.0. The van der Waals surface area contributed by atoms with Gasteiger partial charge in [0.2, 0.25) is 0 Å². The molecule has 6 nitrogen and oxygen atoms in total. The van der Waals surface area contributed by atoms with E-state index in [1.54, 1.807) is 12.3 Å². The zero-order valence-corrected chi connectivity index (χ0v) is 15.7. The fraction of sp³-hybridized carbons (Fsp3) is 0.0435. The molecule has 0 aliphatic carbocycles. The van der Waals surface area contributed by atoms with Crippen LogP contribution >= 0.6 is 0 Å². The van der Waals surface area contributed by atoms with E-state index in [0.29, 0.717) is 17.0 Å². The molecular weight excluding hydrogens is 383 g/mol. The highest BCUT2D eigenvalue weighted by Gasteiger charge is 2.09. The third-order valence-corrected chi connectivity index (χ3v) is 4.57. The van der Waals surface area contributed by atoms with Crippen LogP contribution in [0.25, 0.3) is 22.5 Å². The van der Waals surface area contributed by atoms with Gasteiger partial charge in [-0.25, -0.2) is 14.4 Å². The predicted molar refractivity (Wildman–Crippen MR) is 109 cm³/mol. The molecule has 0 saturated carbocycles. The Labute approximate surface area is 171 Å². The van der Waals surface area contributed by atoms with Crippen molar-refractivity contribution in [1.82, 2.24) is 14.5 Å². The second-order valence-electron chi connectivity index (χ2n) is 6.66. The summed E-state index contributed by atoms with van der Waals surface area (Å²) in [4.78, 5) is 20.6. The van der Waals surface area contributed by atoms with Crippen LogP contribution in [0, 0.1) is 17.1 Å². The number of pyridine rings is 1. The highest BCUT2D eigenvalue weighted by Crippen LogP contribution is 2.23. The molecule has 4 rings (SSSR count). The molecule has 2 heterocycles. The van der Waals surface area contributed by atoms with E-state index in [1.807, 2.05) is 30.3 Å². The van der Waals surface area contributed by atoms with E-state index in [-0.39, 0.29) is 23.4 Å². The Morgan fingerprint density at radius 2 is 1.83 bits per heavy atom. The van der Waals surface area contributed by atoms with Crippen LogP contribution in [0.5, 0.6) is 5.75 Å². The Kier molecular flexibility index (Phi) is 5.06. The van der Waals surface area contributed by atoms with E-state index in [2.05, 4.69) is 9.97 Å². The molecule has 1 N–H and O–H groups in total. The topological polar surface area (TPSA) is 91.8 Å². The molecule has 2 aromatic carbocycles. The van der Waals surface area contributed by atoms with E-state index in [9.17, 15) is 14.3 Å². The van der Waals surface area contributed by atoms with Gasteiger partial charge in [0.1, 0.15) is 5.82 Å². The van der Waals surface area contributed by atoms with Gasteiger partial charge in [-0.1, -0.05) is 18.2 Å². The van der Waals surface area contributed by atoms with Gasteiger partial charge in [0.25, 0.3) is 5.56 Å². The highest BCUT2D eigenvalue weighted by atomic mass is 19.1. The second-order valence-corrected chi connectivity index (χ2v) is 6.66. The van der Waals surface area contributed by atoms with E-state index in [0.717, 1.165) is 11.1 Å². The lowest BCUT2D eigenvalue weighted by Gasteiger charge is -2.10. The minimum atomic E-state index is -0.467. The average molecular weight is 398 g/mol. The number of halogens is 1. The maximum absolute atomic E-state index is 14.3. The van der Waals surface area contributed by atoms with Gasteiger partial charge in [-0.05, 0) is 35.9 Å². The van der Waals surface area contributed by atoms with Crippen LogP contribution in [0.1, 0.15) is 11.1 Å². The predicted octanol–water partition coefficient (Wildman–Crippen LogP) is 3.74. The highest BCUT2D eigenvalue weighted by molar-refractivity contribution is 5.65. The smallest absolute Gasteiger partial charge is 0.250 e. The first-order chi connectivity index (χ1) is 14.5. The van der Waals surface area contributed by atoms with Crippen LogP contribution in [0.15, 0.2) is 78.0 Å². The normalized spacial score (nSPS) is 10.5. The quantitative estimate of drug-likeness (QED) is 0.565. The Balaban J connectivity index is 1.69. The van der Waals surface area contributed by atoms with Gasteiger partial charge in [0.15, 0.2) is 11.6 Å². The van der Waals surface area contributed by atoms with Crippen LogP contribution in [0.2, 0.25) is 0 Å². The van der Waals surface area contributed by atoms with Gasteiger partial charge in [-0.2, -0.15) is 5.26 Å². The Hall–Kier alpha value is -4.31.